The number of nitrogens with two attached hydrogens (primary N) is 1. The van der Waals surface area contributed by atoms with Crippen LogP contribution in [0.25, 0.3) is 0 Å². The summed E-state index contributed by atoms with van der Waals surface area (Å²) in [6, 6.07) is -2.24. The molecule has 3 amide bonds. The number of amides is 3. The van der Waals surface area contributed by atoms with Gasteiger partial charge in [-0.25, -0.2) is 10.3 Å². The molecule has 0 unspecified atom stereocenters. The van der Waals surface area contributed by atoms with Crippen LogP contribution >= 0.6 is 0 Å². The van der Waals surface area contributed by atoms with E-state index < -0.39 is 34.4 Å². The number of rotatable bonds is 9. The van der Waals surface area contributed by atoms with Crippen molar-refractivity contribution < 1.29 is 31.7 Å². The Hall–Kier alpha value is -2.40. The molecular weight excluding hydrogens is 400 g/mol. The fourth-order valence-electron chi connectivity index (χ4n) is 3.02. The Morgan fingerprint density at radius 3 is 2.89 bits per heavy atom. The van der Waals surface area contributed by atoms with Gasteiger partial charge in [0.05, 0.1) is 19.2 Å². The first-order valence-corrected chi connectivity index (χ1v) is 9.80. The molecule has 1 aromatic heterocycles. The number of nitrogens with one attached hydrogen (secondary N) is 1. The van der Waals surface area contributed by atoms with Crippen LogP contribution in [0.3, 0.4) is 0 Å². The number of tetrazole rings is 1. The third kappa shape index (κ3) is 4.71. The molecule has 16 heteroatoms. The molecule has 2 atom stereocenters. The normalized spacial score (nSPS) is 22.0. The summed E-state index contributed by atoms with van der Waals surface area (Å²) in [4.78, 5) is 32.1. The van der Waals surface area contributed by atoms with Crippen LogP contribution in [0.15, 0.2) is 0 Å². The van der Waals surface area contributed by atoms with Gasteiger partial charge in [0, 0.05) is 13.0 Å². The van der Waals surface area contributed by atoms with Crippen LogP contribution < -0.4 is 11.2 Å². The Bertz CT molecular complexity index is 830. The number of hydroxylamine groups is 3. The van der Waals surface area contributed by atoms with Gasteiger partial charge in [0.2, 0.25) is 0 Å². The van der Waals surface area contributed by atoms with Gasteiger partial charge in [-0.15, -0.1) is 14.5 Å². The van der Waals surface area contributed by atoms with E-state index in [0.717, 1.165) is 4.90 Å². The van der Waals surface area contributed by atoms with Gasteiger partial charge in [0.15, 0.2) is 5.82 Å². The molecule has 2 saturated heterocycles. The molecule has 0 aromatic carbocycles. The van der Waals surface area contributed by atoms with Crippen LogP contribution in [0, 0.1) is 0 Å². The Kier molecular flexibility index (Phi) is 6.04. The van der Waals surface area contributed by atoms with Crippen LogP contribution in [0.1, 0.15) is 18.7 Å². The second kappa shape index (κ2) is 8.31. The fourth-order valence-corrected chi connectivity index (χ4v) is 3.41. The highest BCUT2D eigenvalue weighted by Crippen LogP contribution is 2.30. The van der Waals surface area contributed by atoms with Crippen molar-refractivity contribution >= 4 is 22.3 Å². The highest BCUT2D eigenvalue weighted by Gasteiger charge is 2.49. The summed E-state index contributed by atoms with van der Waals surface area (Å²) in [5.41, 5.74) is 7.65. The van der Waals surface area contributed by atoms with Gasteiger partial charge in [0.25, 0.3) is 5.91 Å². The van der Waals surface area contributed by atoms with Crippen molar-refractivity contribution in [2.24, 2.45) is 5.73 Å². The minimum absolute atomic E-state index is 0.0610. The standard InChI is InChI=1S/C12H20N8O7S/c13-4-3-10-14-17-19(15-10)5-6-26-16-11(21)9-2-1-8-7-18(9)12(22)20(8)27-28(23,24)25/h8-9H,1-7,13H2,(H,16,21)(H,23,24,25)/t8-,9+/m1/s1. The van der Waals surface area contributed by atoms with Crippen molar-refractivity contribution in [3.05, 3.63) is 5.82 Å². The molecule has 2 aliphatic rings. The Morgan fingerprint density at radius 1 is 1.39 bits per heavy atom. The minimum atomic E-state index is -4.84. The zero-order chi connectivity index (χ0) is 20.3. The summed E-state index contributed by atoms with van der Waals surface area (Å²) in [6.45, 7) is 0.802. The van der Waals surface area contributed by atoms with Crippen molar-refractivity contribution in [2.45, 2.75) is 37.9 Å². The lowest BCUT2D eigenvalue weighted by atomic mass is 10.0. The van der Waals surface area contributed by atoms with Crippen LogP contribution in [0.4, 0.5) is 4.79 Å². The first kappa shape index (κ1) is 20.3. The number of hydrogen-bond donors (Lipinski definition) is 3. The molecule has 1 aromatic rings. The van der Waals surface area contributed by atoms with E-state index in [-0.39, 0.29) is 26.1 Å². The van der Waals surface area contributed by atoms with Crippen LogP contribution in [0.5, 0.6) is 0 Å². The van der Waals surface area contributed by atoms with E-state index in [0.29, 0.717) is 30.3 Å². The number of fused-ring (bicyclic) bond motifs is 2. The lowest BCUT2D eigenvalue weighted by Gasteiger charge is -2.28. The van der Waals surface area contributed by atoms with Crippen molar-refractivity contribution in [3.63, 3.8) is 0 Å². The predicted molar refractivity (Wildman–Crippen MR) is 88.1 cm³/mol. The summed E-state index contributed by atoms with van der Waals surface area (Å²) >= 11 is 0. The third-order valence-corrected chi connectivity index (χ3v) is 4.58. The SMILES string of the molecule is NCCc1nnn(CCONC(=O)[C@@H]2CC[C@@H]3CN2C(=O)N3OS(=O)(=O)O)n1. The zero-order valence-electron chi connectivity index (χ0n) is 14.7. The van der Waals surface area contributed by atoms with Gasteiger partial charge in [-0.2, -0.15) is 18.3 Å². The van der Waals surface area contributed by atoms with Crippen molar-refractivity contribution in [1.82, 2.24) is 35.7 Å². The fraction of sp³-hybridized carbons (Fsp3) is 0.750. The Balaban J connectivity index is 1.46. The summed E-state index contributed by atoms with van der Waals surface area (Å²) in [5, 5.41) is 12.2. The van der Waals surface area contributed by atoms with Crippen molar-refractivity contribution in [3.8, 4) is 0 Å². The van der Waals surface area contributed by atoms with E-state index in [1.54, 1.807) is 0 Å². The number of piperidine rings is 1. The molecule has 2 fully saturated rings. The molecule has 0 radical (unpaired) electrons. The first-order chi connectivity index (χ1) is 13.3. The summed E-state index contributed by atoms with van der Waals surface area (Å²) in [7, 11) is -4.84. The predicted octanol–water partition coefficient (Wildman–Crippen LogP) is -2.77. The number of aromatic nitrogens is 4. The van der Waals surface area contributed by atoms with Crippen LogP contribution in [-0.2, 0) is 37.3 Å². The Morgan fingerprint density at radius 2 is 2.18 bits per heavy atom. The van der Waals surface area contributed by atoms with Crippen molar-refractivity contribution in [1.29, 1.82) is 0 Å². The van der Waals surface area contributed by atoms with Gasteiger partial charge in [0.1, 0.15) is 6.04 Å². The van der Waals surface area contributed by atoms with Gasteiger partial charge >= 0.3 is 16.4 Å². The highest BCUT2D eigenvalue weighted by atomic mass is 32.3. The molecule has 2 bridgehead atoms. The number of urea groups is 1. The average molecular weight is 420 g/mol. The molecule has 3 rings (SSSR count). The average Bonchev–Trinajstić information content (AvgIpc) is 3.17. The van der Waals surface area contributed by atoms with E-state index in [9.17, 15) is 18.0 Å². The summed E-state index contributed by atoms with van der Waals surface area (Å²) < 4.78 is 34.8. The maximum absolute atomic E-state index is 12.3. The number of carbonyl (C=O) groups excluding carboxylic acids is 2. The molecule has 3 heterocycles. The van der Waals surface area contributed by atoms with Crippen molar-refractivity contribution in [2.75, 3.05) is 19.7 Å². The summed E-state index contributed by atoms with van der Waals surface area (Å²) in [6.07, 6.45) is 1.11. The maximum atomic E-state index is 12.3. The second-order valence-electron chi connectivity index (χ2n) is 6.16. The number of hydrogen-bond acceptors (Lipinski definition) is 10. The molecule has 0 spiro atoms. The van der Waals surface area contributed by atoms with E-state index in [1.807, 2.05) is 0 Å². The zero-order valence-corrected chi connectivity index (χ0v) is 15.5. The van der Waals surface area contributed by atoms with Gasteiger partial charge in [-0.1, -0.05) is 0 Å². The second-order valence-corrected chi connectivity index (χ2v) is 7.17. The van der Waals surface area contributed by atoms with Gasteiger partial charge in [-0.3, -0.25) is 14.2 Å². The highest BCUT2D eigenvalue weighted by molar-refractivity contribution is 7.80. The number of nitrogens with zero attached hydrogens (tertiary/aromatic N) is 6. The first-order valence-electron chi connectivity index (χ1n) is 8.43. The van der Waals surface area contributed by atoms with Crippen LogP contribution in [-0.4, -0.2) is 86.9 Å². The lowest BCUT2D eigenvalue weighted by molar-refractivity contribution is -0.139. The molecule has 4 N–H and O–H groups in total. The quantitative estimate of drug-likeness (QED) is 0.212. The van der Waals surface area contributed by atoms with E-state index in [4.69, 9.17) is 15.1 Å². The molecule has 156 valence electrons. The molecular formula is C12H20N8O7S. The topological polar surface area (TPSA) is 195 Å². The Labute approximate surface area is 159 Å². The van der Waals surface area contributed by atoms with Gasteiger partial charge in [-0.05, 0) is 24.6 Å². The van der Waals surface area contributed by atoms with E-state index >= 15 is 0 Å². The van der Waals surface area contributed by atoms with Gasteiger partial charge < -0.3 is 10.6 Å². The smallest absolute Gasteiger partial charge is 0.330 e. The summed E-state index contributed by atoms with van der Waals surface area (Å²) in [5.74, 6) is -0.0524. The molecule has 2 aliphatic heterocycles. The lowest BCUT2D eigenvalue weighted by Crippen LogP contribution is -2.49. The van der Waals surface area contributed by atoms with Crippen LogP contribution in [0.2, 0.25) is 0 Å². The molecule has 0 aliphatic carbocycles. The largest absolute Gasteiger partial charge is 0.418 e. The number of carbonyl (C=O) groups is 2. The monoisotopic (exact) mass is 420 g/mol. The third-order valence-electron chi connectivity index (χ3n) is 4.23. The maximum Gasteiger partial charge on any atom is 0.418 e. The molecule has 28 heavy (non-hydrogen) atoms. The van der Waals surface area contributed by atoms with E-state index in [1.165, 1.54) is 4.80 Å². The minimum Gasteiger partial charge on any atom is -0.330 e. The molecule has 15 nitrogen and oxygen atoms in total. The van der Waals surface area contributed by atoms with E-state index in [2.05, 4.69) is 25.2 Å². The molecule has 0 saturated carbocycles.